The number of Topliss-reactive ketones (excluding diaryl/α,β-unsaturated/α-hetero) is 1. The second-order valence-electron chi connectivity index (χ2n) is 6.54. The first-order chi connectivity index (χ1) is 12.6. The molecule has 1 aromatic heterocycles. The molecule has 0 radical (unpaired) electrons. The maximum Gasteiger partial charge on any atom is 0.231 e. The van der Waals surface area contributed by atoms with E-state index in [-0.39, 0.29) is 5.78 Å². The van der Waals surface area contributed by atoms with Crippen LogP contribution in [0.4, 0.5) is 5.95 Å². The van der Waals surface area contributed by atoms with Crippen molar-refractivity contribution in [3.63, 3.8) is 0 Å². The number of H-pyrrole nitrogens is 1. The standard InChI is InChI=1S/C19H18N6O/c1-11-5-7-12(8-6-11)16-13(9-20)18(21)25(19-22-10-23-24-19)14-3-2-4-15(26)17(14)16/h5-8,10,16H,2-4,21H2,1H3,(H,22,23,24). The second-order valence-corrected chi connectivity index (χ2v) is 6.54. The van der Waals surface area contributed by atoms with E-state index in [1.165, 1.54) is 6.33 Å². The van der Waals surface area contributed by atoms with Gasteiger partial charge in [-0.05, 0) is 25.3 Å². The number of carbonyl (C=O) groups excluding carboxylic acids is 1. The molecule has 2 aromatic rings. The van der Waals surface area contributed by atoms with Gasteiger partial charge < -0.3 is 5.73 Å². The molecule has 26 heavy (non-hydrogen) atoms. The van der Waals surface area contributed by atoms with Gasteiger partial charge in [0.25, 0.3) is 0 Å². The minimum absolute atomic E-state index is 0.0570. The lowest BCUT2D eigenvalue weighted by Gasteiger charge is -2.38. The van der Waals surface area contributed by atoms with Crippen LogP contribution in [-0.2, 0) is 4.79 Å². The van der Waals surface area contributed by atoms with Gasteiger partial charge in [-0.2, -0.15) is 15.3 Å². The molecule has 0 saturated heterocycles. The highest BCUT2D eigenvalue weighted by Gasteiger charge is 2.40. The Bertz CT molecular complexity index is 962. The van der Waals surface area contributed by atoms with Crippen LogP contribution in [0.3, 0.4) is 0 Å². The smallest absolute Gasteiger partial charge is 0.231 e. The molecule has 0 fully saturated rings. The zero-order valence-electron chi connectivity index (χ0n) is 14.4. The first kappa shape index (κ1) is 16.1. The molecule has 1 atom stereocenters. The highest BCUT2D eigenvalue weighted by molar-refractivity contribution is 6.01. The summed E-state index contributed by atoms with van der Waals surface area (Å²) in [4.78, 5) is 18.7. The van der Waals surface area contributed by atoms with Crippen LogP contribution in [0.2, 0.25) is 0 Å². The predicted octanol–water partition coefficient (Wildman–Crippen LogP) is 2.42. The van der Waals surface area contributed by atoms with E-state index in [0.29, 0.717) is 35.8 Å². The molecule has 0 amide bonds. The first-order valence-electron chi connectivity index (χ1n) is 8.50. The largest absolute Gasteiger partial charge is 0.384 e. The lowest BCUT2D eigenvalue weighted by Crippen LogP contribution is -2.39. The molecular formula is C19H18N6O. The van der Waals surface area contributed by atoms with Gasteiger partial charge in [-0.3, -0.25) is 9.69 Å². The molecule has 1 aliphatic carbocycles. The summed E-state index contributed by atoms with van der Waals surface area (Å²) >= 11 is 0. The summed E-state index contributed by atoms with van der Waals surface area (Å²) in [5.74, 6) is 0.326. The van der Waals surface area contributed by atoms with E-state index in [1.54, 1.807) is 4.90 Å². The Morgan fingerprint density at radius 2 is 2.08 bits per heavy atom. The maximum absolute atomic E-state index is 12.9. The third-order valence-electron chi connectivity index (χ3n) is 4.94. The van der Waals surface area contributed by atoms with Crippen molar-refractivity contribution in [1.82, 2.24) is 15.2 Å². The van der Waals surface area contributed by atoms with Crippen LogP contribution in [0.15, 0.2) is 53.3 Å². The molecule has 2 heterocycles. The van der Waals surface area contributed by atoms with Gasteiger partial charge in [-0.25, -0.2) is 5.10 Å². The molecule has 1 aromatic carbocycles. The van der Waals surface area contributed by atoms with Crippen molar-refractivity contribution in [2.24, 2.45) is 5.73 Å². The normalized spacial score (nSPS) is 20.2. The summed E-state index contributed by atoms with van der Waals surface area (Å²) in [6.45, 7) is 2.00. The number of nitrogens with one attached hydrogen (secondary N) is 1. The van der Waals surface area contributed by atoms with Crippen LogP contribution in [0.1, 0.15) is 36.3 Å². The quantitative estimate of drug-likeness (QED) is 0.864. The van der Waals surface area contributed by atoms with Gasteiger partial charge in [0.05, 0.1) is 17.6 Å². The number of hydrogen-bond donors (Lipinski definition) is 2. The minimum atomic E-state index is -0.442. The number of anilines is 1. The van der Waals surface area contributed by atoms with Crippen LogP contribution in [0.5, 0.6) is 0 Å². The van der Waals surface area contributed by atoms with E-state index >= 15 is 0 Å². The number of carbonyl (C=O) groups is 1. The topological polar surface area (TPSA) is 112 Å². The molecule has 130 valence electrons. The van der Waals surface area contributed by atoms with Gasteiger partial charge in [0.15, 0.2) is 5.78 Å². The Morgan fingerprint density at radius 3 is 2.73 bits per heavy atom. The van der Waals surface area contributed by atoms with Gasteiger partial charge in [-0.15, -0.1) is 0 Å². The van der Waals surface area contributed by atoms with Crippen LogP contribution in [0.25, 0.3) is 0 Å². The molecule has 1 unspecified atom stereocenters. The van der Waals surface area contributed by atoms with E-state index in [9.17, 15) is 10.1 Å². The highest BCUT2D eigenvalue weighted by atomic mass is 16.1. The molecule has 0 saturated carbocycles. The highest BCUT2D eigenvalue weighted by Crippen LogP contribution is 2.45. The van der Waals surface area contributed by atoms with Crippen molar-refractivity contribution in [3.05, 3.63) is 64.4 Å². The Labute approximate surface area is 150 Å². The summed E-state index contributed by atoms with van der Waals surface area (Å²) < 4.78 is 0. The van der Waals surface area contributed by atoms with E-state index in [0.717, 1.165) is 23.2 Å². The summed E-state index contributed by atoms with van der Waals surface area (Å²) in [7, 11) is 0. The zero-order chi connectivity index (χ0) is 18.3. The number of nitrogens with zero attached hydrogens (tertiary/aromatic N) is 4. The fraction of sp³-hybridized carbons (Fsp3) is 0.263. The average molecular weight is 346 g/mol. The van der Waals surface area contributed by atoms with Crippen molar-refractivity contribution in [3.8, 4) is 6.07 Å². The number of nitriles is 1. The van der Waals surface area contributed by atoms with Crippen molar-refractivity contribution >= 4 is 11.7 Å². The van der Waals surface area contributed by atoms with Crippen LogP contribution < -0.4 is 10.6 Å². The van der Waals surface area contributed by atoms with Crippen LogP contribution in [0, 0.1) is 18.3 Å². The van der Waals surface area contributed by atoms with E-state index in [1.807, 2.05) is 31.2 Å². The van der Waals surface area contributed by atoms with Crippen LogP contribution >= 0.6 is 0 Å². The van der Waals surface area contributed by atoms with E-state index < -0.39 is 5.92 Å². The van der Waals surface area contributed by atoms with Crippen LogP contribution in [-0.4, -0.2) is 21.0 Å². The number of allylic oxidation sites excluding steroid dienone is 3. The summed E-state index contributed by atoms with van der Waals surface area (Å²) in [6.07, 6.45) is 3.30. The Morgan fingerprint density at radius 1 is 1.31 bits per heavy atom. The number of aromatic amines is 1. The predicted molar refractivity (Wildman–Crippen MR) is 95.5 cm³/mol. The van der Waals surface area contributed by atoms with Gasteiger partial charge in [-0.1, -0.05) is 29.8 Å². The molecule has 7 heteroatoms. The number of hydrogen-bond acceptors (Lipinski definition) is 6. The molecule has 7 nitrogen and oxygen atoms in total. The van der Waals surface area contributed by atoms with Crippen molar-refractivity contribution in [1.29, 1.82) is 5.26 Å². The molecule has 0 spiro atoms. The fourth-order valence-electron chi connectivity index (χ4n) is 3.73. The average Bonchev–Trinajstić information content (AvgIpc) is 3.16. The molecule has 3 N–H and O–H groups in total. The lowest BCUT2D eigenvalue weighted by molar-refractivity contribution is -0.116. The number of aryl methyl sites for hydroxylation is 1. The van der Waals surface area contributed by atoms with Gasteiger partial charge in [0.2, 0.25) is 5.95 Å². The third kappa shape index (κ3) is 2.39. The van der Waals surface area contributed by atoms with Crippen molar-refractivity contribution in [2.75, 3.05) is 4.90 Å². The number of rotatable bonds is 2. The van der Waals surface area contributed by atoms with Gasteiger partial charge in [0.1, 0.15) is 12.1 Å². The minimum Gasteiger partial charge on any atom is -0.384 e. The summed E-state index contributed by atoms with van der Waals surface area (Å²) in [6, 6.07) is 10.1. The van der Waals surface area contributed by atoms with Gasteiger partial charge >= 0.3 is 0 Å². The monoisotopic (exact) mass is 346 g/mol. The zero-order valence-corrected chi connectivity index (χ0v) is 14.4. The Balaban J connectivity index is 1.96. The van der Waals surface area contributed by atoms with E-state index in [2.05, 4.69) is 21.3 Å². The number of ketones is 1. The molecule has 4 rings (SSSR count). The Hall–Kier alpha value is -3.40. The number of benzene rings is 1. The van der Waals surface area contributed by atoms with Crippen molar-refractivity contribution in [2.45, 2.75) is 32.1 Å². The molecular weight excluding hydrogens is 328 g/mol. The second kappa shape index (κ2) is 6.15. The molecule has 0 bridgehead atoms. The number of aromatic nitrogens is 3. The first-order valence-corrected chi connectivity index (χ1v) is 8.50. The molecule has 1 aliphatic heterocycles. The van der Waals surface area contributed by atoms with E-state index in [4.69, 9.17) is 5.73 Å². The summed E-state index contributed by atoms with van der Waals surface area (Å²) in [5, 5.41) is 16.5. The summed E-state index contributed by atoms with van der Waals surface area (Å²) in [5.41, 5.74) is 10.2. The van der Waals surface area contributed by atoms with Gasteiger partial charge in [0, 0.05) is 17.7 Å². The number of nitrogens with two attached hydrogens (primary N) is 1. The Kier molecular flexibility index (Phi) is 3.81. The third-order valence-corrected chi connectivity index (χ3v) is 4.94. The van der Waals surface area contributed by atoms with Crippen molar-refractivity contribution < 1.29 is 4.79 Å². The maximum atomic E-state index is 12.9. The fourth-order valence-corrected chi connectivity index (χ4v) is 3.73. The SMILES string of the molecule is Cc1ccc(C2C(C#N)=C(N)N(c3ncn[nH]3)C3=C2C(=O)CCC3)cc1. The molecule has 2 aliphatic rings. The lowest BCUT2D eigenvalue weighted by atomic mass is 9.75.